The fraction of sp³-hybridized carbons (Fsp3) is 0.438. The average molecular weight is 399 g/mol. The standard InChI is InChI=1S/C16H19BrN2O5/c1-9-5-11(3-4-12(9)17)19-8-10(6-14(19)20)15(21)18-7-13(24-2)16(22)23/h3-5,10,13H,6-8H2,1-2H3,(H,18,21)(H,22,23). The zero-order valence-electron chi connectivity index (χ0n) is 13.4. The summed E-state index contributed by atoms with van der Waals surface area (Å²) in [5.74, 6) is -2.12. The summed E-state index contributed by atoms with van der Waals surface area (Å²) in [5.41, 5.74) is 1.74. The number of anilines is 1. The van der Waals surface area contributed by atoms with Gasteiger partial charge < -0.3 is 20.1 Å². The fourth-order valence-electron chi connectivity index (χ4n) is 2.54. The molecule has 1 saturated heterocycles. The van der Waals surface area contributed by atoms with E-state index in [0.29, 0.717) is 0 Å². The van der Waals surface area contributed by atoms with Gasteiger partial charge in [0.1, 0.15) is 0 Å². The number of rotatable bonds is 6. The molecule has 1 aromatic carbocycles. The van der Waals surface area contributed by atoms with Crippen LogP contribution in [0.5, 0.6) is 0 Å². The van der Waals surface area contributed by atoms with Crippen molar-refractivity contribution >= 4 is 39.4 Å². The number of hydrogen-bond acceptors (Lipinski definition) is 4. The third-order valence-electron chi connectivity index (χ3n) is 3.97. The van der Waals surface area contributed by atoms with Crippen molar-refractivity contribution in [3.05, 3.63) is 28.2 Å². The average Bonchev–Trinajstić information content (AvgIpc) is 2.92. The van der Waals surface area contributed by atoms with Crippen LogP contribution in [0.4, 0.5) is 5.69 Å². The number of carbonyl (C=O) groups is 3. The highest BCUT2D eigenvalue weighted by molar-refractivity contribution is 9.10. The molecule has 2 rings (SSSR count). The third-order valence-corrected chi connectivity index (χ3v) is 4.86. The van der Waals surface area contributed by atoms with Crippen LogP contribution >= 0.6 is 15.9 Å². The van der Waals surface area contributed by atoms with Crippen LogP contribution in [0.2, 0.25) is 0 Å². The molecule has 0 saturated carbocycles. The van der Waals surface area contributed by atoms with Gasteiger partial charge in [0, 0.05) is 30.2 Å². The van der Waals surface area contributed by atoms with Crippen LogP contribution in [-0.4, -0.2) is 49.2 Å². The number of amides is 2. The Balaban J connectivity index is 1.99. The molecule has 24 heavy (non-hydrogen) atoms. The van der Waals surface area contributed by atoms with Crippen molar-refractivity contribution in [3.8, 4) is 0 Å². The number of carboxylic acid groups (broad SMARTS) is 1. The zero-order chi connectivity index (χ0) is 17.9. The van der Waals surface area contributed by atoms with Crippen LogP contribution in [-0.2, 0) is 19.1 Å². The predicted molar refractivity (Wildman–Crippen MR) is 90.8 cm³/mol. The minimum Gasteiger partial charge on any atom is -0.479 e. The van der Waals surface area contributed by atoms with Crippen LogP contribution in [0.15, 0.2) is 22.7 Å². The van der Waals surface area contributed by atoms with Crippen LogP contribution in [0.25, 0.3) is 0 Å². The molecule has 2 atom stereocenters. The first kappa shape index (κ1) is 18.4. The van der Waals surface area contributed by atoms with E-state index in [0.717, 1.165) is 15.7 Å². The van der Waals surface area contributed by atoms with E-state index in [1.807, 2.05) is 25.1 Å². The number of aryl methyl sites for hydroxylation is 1. The summed E-state index contributed by atoms with van der Waals surface area (Å²) in [6.45, 7) is 2.07. The summed E-state index contributed by atoms with van der Waals surface area (Å²) in [7, 11) is 1.27. The molecule has 0 bridgehead atoms. The van der Waals surface area contributed by atoms with E-state index >= 15 is 0 Å². The number of carboxylic acids is 1. The van der Waals surface area contributed by atoms with Gasteiger partial charge in [0.05, 0.1) is 12.5 Å². The van der Waals surface area contributed by atoms with E-state index in [9.17, 15) is 14.4 Å². The van der Waals surface area contributed by atoms with E-state index in [1.54, 1.807) is 4.90 Å². The van der Waals surface area contributed by atoms with Crippen molar-refractivity contribution in [2.75, 3.05) is 25.1 Å². The van der Waals surface area contributed by atoms with Crippen molar-refractivity contribution < 1.29 is 24.2 Å². The quantitative estimate of drug-likeness (QED) is 0.753. The van der Waals surface area contributed by atoms with Crippen molar-refractivity contribution in [1.29, 1.82) is 0 Å². The van der Waals surface area contributed by atoms with Gasteiger partial charge in [-0.3, -0.25) is 9.59 Å². The fourth-order valence-corrected chi connectivity index (χ4v) is 2.79. The molecule has 8 heteroatoms. The van der Waals surface area contributed by atoms with E-state index in [1.165, 1.54) is 7.11 Å². The maximum atomic E-state index is 12.2. The summed E-state index contributed by atoms with van der Waals surface area (Å²) in [6, 6.07) is 5.57. The smallest absolute Gasteiger partial charge is 0.334 e. The Hall–Kier alpha value is -1.93. The van der Waals surface area contributed by atoms with Gasteiger partial charge in [-0.05, 0) is 30.7 Å². The zero-order valence-corrected chi connectivity index (χ0v) is 15.0. The monoisotopic (exact) mass is 398 g/mol. The van der Waals surface area contributed by atoms with E-state index in [2.05, 4.69) is 21.2 Å². The van der Waals surface area contributed by atoms with E-state index in [-0.39, 0.29) is 31.3 Å². The van der Waals surface area contributed by atoms with E-state index in [4.69, 9.17) is 9.84 Å². The first-order chi connectivity index (χ1) is 11.3. The molecule has 0 spiro atoms. The SMILES string of the molecule is COC(CNC(=O)C1CC(=O)N(c2ccc(Br)c(C)c2)C1)C(=O)O. The maximum Gasteiger partial charge on any atom is 0.334 e. The minimum absolute atomic E-state index is 0.103. The van der Waals surface area contributed by atoms with Gasteiger partial charge in [0.15, 0.2) is 6.10 Å². The highest BCUT2D eigenvalue weighted by Crippen LogP contribution is 2.28. The molecule has 1 aliphatic heterocycles. The van der Waals surface area contributed by atoms with Gasteiger partial charge in [0.25, 0.3) is 0 Å². The van der Waals surface area contributed by atoms with E-state index < -0.39 is 18.0 Å². The Morgan fingerprint density at radius 1 is 1.50 bits per heavy atom. The first-order valence-electron chi connectivity index (χ1n) is 7.43. The molecular formula is C16H19BrN2O5. The summed E-state index contributed by atoms with van der Waals surface area (Å²) in [4.78, 5) is 36.8. The van der Waals surface area contributed by atoms with Gasteiger partial charge in [-0.25, -0.2) is 4.79 Å². The number of carbonyl (C=O) groups excluding carboxylic acids is 2. The van der Waals surface area contributed by atoms with Crippen molar-refractivity contribution in [2.24, 2.45) is 5.92 Å². The molecule has 1 aliphatic rings. The second-order valence-electron chi connectivity index (χ2n) is 5.65. The highest BCUT2D eigenvalue weighted by atomic mass is 79.9. The molecule has 0 aromatic heterocycles. The summed E-state index contributed by atoms with van der Waals surface area (Å²) in [5, 5.41) is 11.4. The lowest BCUT2D eigenvalue weighted by Gasteiger charge is -2.18. The largest absolute Gasteiger partial charge is 0.479 e. The second kappa shape index (κ2) is 7.76. The van der Waals surface area contributed by atoms with Gasteiger partial charge in [0.2, 0.25) is 11.8 Å². The van der Waals surface area contributed by atoms with Crippen LogP contribution in [0, 0.1) is 12.8 Å². The van der Waals surface area contributed by atoms with Gasteiger partial charge in [-0.2, -0.15) is 0 Å². The van der Waals surface area contributed by atoms with Crippen molar-refractivity contribution in [3.63, 3.8) is 0 Å². The molecule has 2 unspecified atom stereocenters. The Morgan fingerprint density at radius 2 is 2.21 bits per heavy atom. The van der Waals surface area contributed by atoms with Gasteiger partial charge >= 0.3 is 5.97 Å². The molecule has 0 radical (unpaired) electrons. The topological polar surface area (TPSA) is 95.9 Å². The van der Waals surface area contributed by atoms with Gasteiger partial charge in [-0.15, -0.1) is 0 Å². The number of methoxy groups -OCH3 is 1. The Morgan fingerprint density at radius 3 is 2.79 bits per heavy atom. The van der Waals surface area contributed by atoms with Crippen LogP contribution < -0.4 is 10.2 Å². The van der Waals surface area contributed by atoms with Crippen LogP contribution in [0.3, 0.4) is 0 Å². The lowest BCUT2D eigenvalue weighted by Crippen LogP contribution is -2.41. The summed E-state index contributed by atoms with van der Waals surface area (Å²) >= 11 is 3.41. The number of hydrogen-bond donors (Lipinski definition) is 2. The summed E-state index contributed by atoms with van der Waals surface area (Å²) < 4.78 is 5.72. The first-order valence-corrected chi connectivity index (χ1v) is 8.22. The van der Waals surface area contributed by atoms with Crippen LogP contribution in [0.1, 0.15) is 12.0 Å². The van der Waals surface area contributed by atoms with Crippen molar-refractivity contribution in [1.82, 2.24) is 5.32 Å². The number of benzene rings is 1. The molecule has 2 N–H and O–H groups in total. The normalized spacial score (nSPS) is 18.5. The highest BCUT2D eigenvalue weighted by Gasteiger charge is 2.35. The maximum absolute atomic E-state index is 12.2. The number of nitrogens with zero attached hydrogens (tertiary/aromatic N) is 1. The lowest BCUT2D eigenvalue weighted by molar-refractivity contribution is -0.148. The number of nitrogens with one attached hydrogen (secondary N) is 1. The molecule has 130 valence electrons. The molecule has 1 heterocycles. The van der Waals surface area contributed by atoms with Crippen molar-refractivity contribution in [2.45, 2.75) is 19.4 Å². The third kappa shape index (κ3) is 4.12. The molecule has 1 fully saturated rings. The number of ether oxygens (including phenoxy) is 1. The molecule has 7 nitrogen and oxygen atoms in total. The summed E-state index contributed by atoms with van der Waals surface area (Å²) in [6.07, 6.45) is -0.998. The Bertz CT molecular complexity index is 664. The number of halogens is 1. The Labute approximate surface area is 148 Å². The number of aliphatic carboxylic acids is 1. The minimum atomic E-state index is -1.15. The molecule has 2 amide bonds. The Kier molecular flexibility index (Phi) is 5.95. The molecule has 0 aliphatic carbocycles. The predicted octanol–water partition coefficient (Wildman–Crippen LogP) is 1.33. The lowest BCUT2D eigenvalue weighted by atomic mass is 10.1. The second-order valence-corrected chi connectivity index (χ2v) is 6.50. The molecule has 1 aromatic rings. The molecular weight excluding hydrogens is 380 g/mol. The van der Waals surface area contributed by atoms with Gasteiger partial charge in [-0.1, -0.05) is 15.9 Å².